The van der Waals surface area contributed by atoms with Crippen LogP contribution in [0.1, 0.15) is 19.8 Å². The molecule has 10 heteroatoms. The van der Waals surface area contributed by atoms with E-state index in [-0.39, 0.29) is 24.4 Å². The quantitative estimate of drug-likeness (QED) is 0.358. The van der Waals surface area contributed by atoms with Crippen LogP contribution >= 0.6 is 0 Å². The lowest BCUT2D eigenvalue weighted by atomic mass is 10.1. The van der Waals surface area contributed by atoms with E-state index in [1.807, 2.05) is 12.1 Å². The smallest absolute Gasteiger partial charge is 0.270 e. The molecule has 3 rings (SSSR count). The largest absolute Gasteiger partial charge is 0.369 e. The van der Waals surface area contributed by atoms with Gasteiger partial charge in [0.1, 0.15) is 5.82 Å². The number of carbonyl (C=O) groups is 1. The Kier molecular flexibility index (Phi) is 8.56. The van der Waals surface area contributed by atoms with Crippen LogP contribution in [0.2, 0.25) is 0 Å². The van der Waals surface area contributed by atoms with Gasteiger partial charge in [-0.3, -0.25) is 10.0 Å². The van der Waals surface area contributed by atoms with Gasteiger partial charge < -0.3 is 10.2 Å². The second-order valence-corrected chi connectivity index (χ2v) is 9.91. The molecule has 0 atom stereocenters. The monoisotopic (exact) mass is 473 g/mol. The third-order valence-electron chi connectivity index (χ3n) is 5.56. The maximum atomic E-state index is 12.9. The van der Waals surface area contributed by atoms with Gasteiger partial charge in [-0.2, -0.15) is 4.31 Å². The molecular weight excluding hydrogens is 442 g/mol. The van der Waals surface area contributed by atoms with E-state index in [9.17, 15) is 13.2 Å². The van der Waals surface area contributed by atoms with Crippen molar-refractivity contribution in [1.29, 1.82) is 0 Å². The van der Waals surface area contributed by atoms with Crippen molar-refractivity contribution in [3.05, 3.63) is 54.2 Å². The first-order valence-corrected chi connectivity index (χ1v) is 12.4. The van der Waals surface area contributed by atoms with Crippen molar-refractivity contribution in [1.82, 2.24) is 19.7 Å². The fourth-order valence-electron chi connectivity index (χ4n) is 3.65. The summed E-state index contributed by atoms with van der Waals surface area (Å²) in [7, 11) is -1.58. The van der Waals surface area contributed by atoms with Crippen molar-refractivity contribution in [3.63, 3.8) is 0 Å². The van der Waals surface area contributed by atoms with Gasteiger partial charge in [-0.15, -0.1) is 0 Å². The van der Waals surface area contributed by atoms with Gasteiger partial charge in [-0.1, -0.05) is 25.1 Å². The zero-order valence-electron chi connectivity index (χ0n) is 19.0. The molecule has 2 heterocycles. The maximum absolute atomic E-state index is 12.9. The first kappa shape index (κ1) is 24.8. The van der Waals surface area contributed by atoms with Crippen LogP contribution in [0.4, 0.5) is 5.82 Å². The van der Waals surface area contributed by atoms with Gasteiger partial charge in [0.15, 0.2) is 0 Å². The Hall–Kier alpha value is -2.79. The Morgan fingerprint density at radius 2 is 1.88 bits per heavy atom. The van der Waals surface area contributed by atoms with Crippen molar-refractivity contribution in [2.45, 2.75) is 24.7 Å². The van der Waals surface area contributed by atoms with E-state index in [0.717, 1.165) is 43.0 Å². The summed E-state index contributed by atoms with van der Waals surface area (Å²) in [6.45, 7) is 5.24. The van der Waals surface area contributed by atoms with Crippen LogP contribution in [-0.4, -0.2) is 73.5 Å². The number of rotatable bonds is 10. The molecule has 33 heavy (non-hydrogen) atoms. The second kappa shape index (κ2) is 11.4. The highest BCUT2D eigenvalue weighted by Crippen LogP contribution is 2.25. The highest BCUT2D eigenvalue weighted by Gasteiger charge is 2.27. The zero-order chi connectivity index (χ0) is 23.8. The lowest BCUT2D eigenvalue weighted by Gasteiger charge is -2.25. The fourth-order valence-corrected chi connectivity index (χ4v) is 5.03. The molecule has 1 aliphatic rings. The van der Waals surface area contributed by atoms with Gasteiger partial charge in [0.05, 0.1) is 4.90 Å². The molecule has 0 radical (unpaired) electrons. The number of likely N-dealkylation sites (N-methyl/N-ethyl adjacent to an activating group) is 1. The predicted molar refractivity (Wildman–Crippen MR) is 127 cm³/mol. The molecule has 0 spiro atoms. The third kappa shape index (κ3) is 6.38. The molecule has 1 amide bonds. The first-order valence-electron chi connectivity index (χ1n) is 11.0. The molecule has 1 aliphatic heterocycles. The van der Waals surface area contributed by atoms with Gasteiger partial charge in [0, 0.05) is 43.5 Å². The van der Waals surface area contributed by atoms with Gasteiger partial charge in [-0.25, -0.2) is 18.9 Å². The number of carbonyl (C=O) groups excluding carboxylic acids is 1. The number of hydrogen-bond acceptors (Lipinski definition) is 7. The minimum atomic E-state index is -3.68. The van der Waals surface area contributed by atoms with Gasteiger partial charge in [0.2, 0.25) is 10.0 Å². The third-order valence-corrected chi connectivity index (χ3v) is 7.44. The molecule has 1 aromatic heterocycles. The molecule has 9 nitrogen and oxygen atoms in total. The molecular formula is C23H31N5O4S. The normalized spacial score (nSPS) is 14.7. The van der Waals surface area contributed by atoms with E-state index in [1.165, 1.54) is 10.4 Å². The molecule has 0 saturated heterocycles. The number of aromatic nitrogens is 1. The van der Waals surface area contributed by atoms with Crippen molar-refractivity contribution >= 4 is 21.7 Å². The van der Waals surface area contributed by atoms with Crippen LogP contribution < -0.4 is 10.8 Å². The number of pyridine rings is 1. The van der Waals surface area contributed by atoms with E-state index in [2.05, 4.69) is 29.2 Å². The molecule has 2 aromatic rings. The minimum absolute atomic E-state index is 0.0828. The summed E-state index contributed by atoms with van der Waals surface area (Å²) < 4.78 is 27.2. The maximum Gasteiger partial charge on any atom is 0.270 e. The number of sulfonamides is 1. The lowest BCUT2D eigenvalue weighted by Crippen LogP contribution is -2.37. The van der Waals surface area contributed by atoms with E-state index < -0.39 is 15.9 Å². The Morgan fingerprint density at radius 3 is 2.45 bits per heavy atom. The number of amides is 1. The van der Waals surface area contributed by atoms with Gasteiger partial charge in [0.25, 0.3) is 5.91 Å². The summed E-state index contributed by atoms with van der Waals surface area (Å²) in [6.07, 6.45) is 4.66. The average molecular weight is 474 g/mol. The summed E-state index contributed by atoms with van der Waals surface area (Å²) in [5.41, 5.74) is 3.72. The SMILES string of the molecule is CCCN(C)CCNc1ccc(-c2ccc(S(=O)(=O)N3CC=C(C(=O)NO)CC3)cc2)cn1. The number of hydrogen-bond donors (Lipinski definition) is 3. The van der Waals surface area contributed by atoms with Crippen molar-refractivity contribution in [2.75, 3.05) is 45.1 Å². The Balaban J connectivity index is 1.62. The Bertz CT molecular complexity index is 1070. The average Bonchev–Trinajstić information content (AvgIpc) is 2.84. The predicted octanol–water partition coefficient (Wildman–Crippen LogP) is 2.33. The second-order valence-electron chi connectivity index (χ2n) is 7.97. The van der Waals surface area contributed by atoms with Crippen LogP contribution in [0.15, 0.2) is 59.1 Å². The van der Waals surface area contributed by atoms with Crippen LogP contribution in [0.3, 0.4) is 0 Å². The van der Waals surface area contributed by atoms with Gasteiger partial charge in [-0.05, 0) is 56.3 Å². The molecule has 0 fully saturated rings. The summed E-state index contributed by atoms with van der Waals surface area (Å²) >= 11 is 0. The van der Waals surface area contributed by atoms with E-state index in [0.29, 0.717) is 5.57 Å². The number of anilines is 1. The molecule has 0 bridgehead atoms. The number of hydroxylamine groups is 1. The molecule has 0 saturated carbocycles. The minimum Gasteiger partial charge on any atom is -0.369 e. The molecule has 1 aromatic carbocycles. The Morgan fingerprint density at radius 1 is 1.15 bits per heavy atom. The first-order chi connectivity index (χ1) is 15.8. The zero-order valence-corrected chi connectivity index (χ0v) is 19.8. The number of nitrogens with one attached hydrogen (secondary N) is 2. The standard InChI is InChI=1S/C23H31N5O4S/c1-3-13-27(2)16-12-24-22-9-6-20(17-25-22)18-4-7-21(8-5-18)33(31,32)28-14-10-19(11-15-28)23(29)26-30/h4-10,17,30H,3,11-16H2,1-2H3,(H,24,25)(H,26,29). The Labute approximate surface area is 195 Å². The molecule has 0 aliphatic carbocycles. The molecule has 178 valence electrons. The highest BCUT2D eigenvalue weighted by molar-refractivity contribution is 7.89. The lowest BCUT2D eigenvalue weighted by molar-refractivity contribution is -0.125. The summed E-state index contributed by atoms with van der Waals surface area (Å²) in [5.74, 6) is 0.199. The molecule has 3 N–H and O–H groups in total. The van der Waals surface area contributed by atoms with E-state index in [4.69, 9.17) is 5.21 Å². The molecule has 0 unspecified atom stereocenters. The van der Waals surface area contributed by atoms with Crippen LogP contribution in [0, 0.1) is 0 Å². The van der Waals surface area contributed by atoms with Crippen molar-refractivity contribution in [2.24, 2.45) is 0 Å². The number of benzene rings is 1. The fraction of sp³-hybridized carbons (Fsp3) is 0.391. The van der Waals surface area contributed by atoms with Crippen molar-refractivity contribution < 1.29 is 18.4 Å². The van der Waals surface area contributed by atoms with Crippen molar-refractivity contribution in [3.8, 4) is 11.1 Å². The summed E-state index contributed by atoms with van der Waals surface area (Å²) in [5, 5.41) is 12.0. The summed E-state index contributed by atoms with van der Waals surface area (Å²) in [4.78, 5) is 18.4. The van der Waals surface area contributed by atoms with Crippen LogP contribution in [0.5, 0.6) is 0 Å². The number of nitrogens with zero attached hydrogens (tertiary/aromatic N) is 3. The van der Waals surface area contributed by atoms with Crippen LogP contribution in [-0.2, 0) is 14.8 Å². The van der Waals surface area contributed by atoms with E-state index in [1.54, 1.807) is 35.9 Å². The van der Waals surface area contributed by atoms with Crippen LogP contribution in [0.25, 0.3) is 11.1 Å². The topological polar surface area (TPSA) is 115 Å². The van der Waals surface area contributed by atoms with E-state index >= 15 is 0 Å². The highest BCUT2D eigenvalue weighted by atomic mass is 32.2. The summed E-state index contributed by atoms with van der Waals surface area (Å²) in [6, 6.07) is 10.6. The van der Waals surface area contributed by atoms with Gasteiger partial charge >= 0.3 is 0 Å².